The van der Waals surface area contributed by atoms with Gasteiger partial charge >= 0.3 is 0 Å². The lowest BCUT2D eigenvalue weighted by molar-refractivity contribution is 0.293. The van der Waals surface area contributed by atoms with Crippen molar-refractivity contribution >= 4 is 0 Å². The minimum Gasteiger partial charge on any atom is -0.339 e. The van der Waals surface area contributed by atoms with Gasteiger partial charge in [-0.2, -0.15) is 4.98 Å². The first kappa shape index (κ1) is 9.61. The molecule has 1 fully saturated rings. The highest BCUT2D eigenvalue weighted by Gasteiger charge is 2.20. The molecule has 1 saturated heterocycles. The molecule has 1 aliphatic heterocycles. The van der Waals surface area contributed by atoms with Crippen LogP contribution >= 0.6 is 0 Å². The molecule has 1 aliphatic rings. The van der Waals surface area contributed by atoms with Crippen molar-refractivity contribution in [3.63, 3.8) is 0 Å². The van der Waals surface area contributed by atoms with Gasteiger partial charge in [0.15, 0.2) is 5.82 Å². The first-order valence-electron chi connectivity index (χ1n) is 4.91. The van der Waals surface area contributed by atoms with Crippen LogP contribution in [0.4, 0.5) is 0 Å². The monoisotopic (exact) mass is 196 g/mol. The van der Waals surface area contributed by atoms with Crippen LogP contribution in [0.5, 0.6) is 0 Å². The maximum atomic E-state index is 5.16. The van der Waals surface area contributed by atoms with Gasteiger partial charge in [-0.05, 0) is 33.1 Å². The quantitative estimate of drug-likeness (QED) is 0.728. The fourth-order valence-electron chi connectivity index (χ4n) is 1.46. The third kappa shape index (κ3) is 2.30. The van der Waals surface area contributed by atoms with Crippen molar-refractivity contribution < 1.29 is 4.52 Å². The summed E-state index contributed by atoms with van der Waals surface area (Å²) in [5, 5.41) is 7.14. The second-order valence-corrected chi connectivity index (χ2v) is 4.07. The van der Waals surface area contributed by atoms with E-state index in [4.69, 9.17) is 4.52 Å². The smallest absolute Gasteiger partial charge is 0.227 e. The standard InChI is InChI=1S/C9H16N4O/c1-13(2)6-8-11-9(14-12-8)3-7-4-10-5-7/h7,10H,3-6H2,1-2H3. The topological polar surface area (TPSA) is 54.2 Å². The molecule has 2 rings (SSSR count). The maximum absolute atomic E-state index is 5.16. The van der Waals surface area contributed by atoms with Crippen LogP contribution in [0, 0.1) is 5.92 Å². The summed E-state index contributed by atoms with van der Waals surface area (Å²) in [6.07, 6.45) is 0.910. The Kier molecular flexibility index (Phi) is 2.79. The molecule has 5 heteroatoms. The van der Waals surface area contributed by atoms with Crippen molar-refractivity contribution in [1.29, 1.82) is 0 Å². The average Bonchev–Trinajstić information content (AvgIpc) is 2.44. The van der Waals surface area contributed by atoms with Crippen LogP contribution in [0.1, 0.15) is 11.7 Å². The van der Waals surface area contributed by atoms with Crippen molar-refractivity contribution in [3.05, 3.63) is 11.7 Å². The third-order valence-corrected chi connectivity index (χ3v) is 2.30. The number of nitrogens with one attached hydrogen (secondary N) is 1. The molecule has 2 heterocycles. The number of hydrogen-bond acceptors (Lipinski definition) is 5. The van der Waals surface area contributed by atoms with Crippen molar-refractivity contribution in [3.8, 4) is 0 Å². The summed E-state index contributed by atoms with van der Waals surface area (Å²) in [5.74, 6) is 2.23. The van der Waals surface area contributed by atoms with Crippen LogP contribution in [-0.4, -0.2) is 42.2 Å². The Morgan fingerprint density at radius 2 is 2.29 bits per heavy atom. The van der Waals surface area contributed by atoms with Crippen molar-refractivity contribution in [2.24, 2.45) is 5.92 Å². The number of rotatable bonds is 4. The summed E-state index contributed by atoms with van der Waals surface area (Å²) in [6.45, 7) is 2.89. The molecule has 0 aromatic carbocycles. The molecule has 14 heavy (non-hydrogen) atoms. The van der Waals surface area contributed by atoms with Crippen LogP contribution in [0.25, 0.3) is 0 Å². The minimum atomic E-state index is 0.683. The second-order valence-electron chi connectivity index (χ2n) is 4.07. The molecule has 1 N–H and O–H groups in total. The van der Waals surface area contributed by atoms with E-state index < -0.39 is 0 Å². The molecular weight excluding hydrogens is 180 g/mol. The molecule has 1 aromatic rings. The Bertz CT molecular complexity index is 293. The molecule has 78 valence electrons. The fourth-order valence-corrected chi connectivity index (χ4v) is 1.46. The highest BCUT2D eigenvalue weighted by molar-refractivity contribution is 4.90. The van der Waals surface area contributed by atoms with Crippen LogP contribution in [0.3, 0.4) is 0 Å². The molecule has 0 radical (unpaired) electrons. The van der Waals surface area contributed by atoms with E-state index in [1.807, 2.05) is 19.0 Å². The third-order valence-electron chi connectivity index (χ3n) is 2.30. The molecule has 0 amide bonds. The average molecular weight is 196 g/mol. The summed E-state index contributed by atoms with van der Waals surface area (Å²) in [7, 11) is 3.98. The van der Waals surface area contributed by atoms with Crippen LogP contribution in [0.2, 0.25) is 0 Å². The molecule has 0 unspecified atom stereocenters. The van der Waals surface area contributed by atoms with E-state index in [1.54, 1.807) is 0 Å². The lowest BCUT2D eigenvalue weighted by Crippen LogP contribution is -2.43. The normalized spacial score (nSPS) is 17.4. The number of hydrogen-bond donors (Lipinski definition) is 1. The molecule has 5 nitrogen and oxygen atoms in total. The molecular formula is C9H16N4O. The van der Waals surface area contributed by atoms with Crippen molar-refractivity contribution in [2.75, 3.05) is 27.2 Å². The zero-order chi connectivity index (χ0) is 9.97. The van der Waals surface area contributed by atoms with Gasteiger partial charge in [0.1, 0.15) is 0 Å². The Hall–Kier alpha value is -0.940. The van der Waals surface area contributed by atoms with Crippen LogP contribution < -0.4 is 5.32 Å². The van der Waals surface area contributed by atoms with Gasteiger partial charge in [0.25, 0.3) is 0 Å². The summed E-state index contributed by atoms with van der Waals surface area (Å²) in [4.78, 5) is 6.35. The first-order chi connectivity index (χ1) is 6.74. The van der Waals surface area contributed by atoms with Crippen molar-refractivity contribution in [2.45, 2.75) is 13.0 Å². The van der Waals surface area contributed by atoms with E-state index >= 15 is 0 Å². The summed E-state index contributed by atoms with van der Waals surface area (Å²) < 4.78 is 5.16. The Morgan fingerprint density at radius 3 is 2.86 bits per heavy atom. The summed E-state index contributed by atoms with van der Waals surface area (Å²) in [6, 6.07) is 0. The zero-order valence-electron chi connectivity index (χ0n) is 8.66. The largest absolute Gasteiger partial charge is 0.339 e. The molecule has 0 spiro atoms. The van der Waals surface area contributed by atoms with Gasteiger partial charge in [-0.15, -0.1) is 0 Å². The van der Waals surface area contributed by atoms with E-state index in [-0.39, 0.29) is 0 Å². The van der Waals surface area contributed by atoms with Gasteiger partial charge < -0.3 is 14.7 Å². The van der Waals surface area contributed by atoms with Gasteiger partial charge in [0.2, 0.25) is 5.89 Å². The molecule has 0 aliphatic carbocycles. The minimum absolute atomic E-state index is 0.683. The fraction of sp³-hybridized carbons (Fsp3) is 0.778. The van der Waals surface area contributed by atoms with E-state index in [2.05, 4.69) is 15.5 Å². The SMILES string of the molecule is CN(C)Cc1noc(CC2CNC2)n1. The second kappa shape index (κ2) is 4.06. The van der Waals surface area contributed by atoms with Crippen LogP contribution in [-0.2, 0) is 13.0 Å². The molecule has 0 atom stereocenters. The van der Waals surface area contributed by atoms with Gasteiger partial charge in [-0.3, -0.25) is 0 Å². The number of nitrogens with zero attached hydrogens (tertiary/aromatic N) is 3. The van der Waals surface area contributed by atoms with E-state index in [1.165, 1.54) is 0 Å². The zero-order valence-corrected chi connectivity index (χ0v) is 8.66. The van der Waals surface area contributed by atoms with Crippen molar-refractivity contribution in [1.82, 2.24) is 20.4 Å². The molecule has 0 saturated carbocycles. The van der Waals surface area contributed by atoms with Crippen LogP contribution in [0.15, 0.2) is 4.52 Å². The highest BCUT2D eigenvalue weighted by Crippen LogP contribution is 2.10. The van der Waals surface area contributed by atoms with Gasteiger partial charge in [-0.25, -0.2) is 0 Å². The first-order valence-corrected chi connectivity index (χ1v) is 4.91. The maximum Gasteiger partial charge on any atom is 0.227 e. The summed E-state index contributed by atoms with van der Waals surface area (Å²) in [5.41, 5.74) is 0. The predicted molar refractivity (Wildman–Crippen MR) is 51.8 cm³/mol. The summed E-state index contributed by atoms with van der Waals surface area (Å²) >= 11 is 0. The Balaban J connectivity index is 1.88. The Labute approximate surface area is 83.5 Å². The van der Waals surface area contributed by atoms with E-state index in [0.29, 0.717) is 5.92 Å². The number of aromatic nitrogens is 2. The Morgan fingerprint density at radius 1 is 1.50 bits per heavy atom. The lowest BCUT2D eigenvalue weighted by atomic mass is 10.00. The van der Waals surface area contributed by atoms with Gasteiger partial charge in [0, 0.05) is 6.42 Å². The highest BCUT2D eigenvalue weighted by atomic mass is 16.5. The van der Waals surface area contributed by atoms with E-state index in [0.717, 1.165) is 37.8 Å². The lowest BCUT2D eigenvalue weighted by Gasteiger charge is -2.25. The molecule has 1 aromatic heterocycles. The molecule has 0 bridgehead atoms. The van der Waals surface area contributed by atoms with E-state index in [9.17, 15) is 0 Å². The predicted octanol–water partition coefficient (Wildman–Crippen LogP) is -0.107. The van der Waals surface area contributed by atoms with Gasteiger partial charge in [0.05, 0.1) is 6.54 Å². The van der Waals surface area contributed by atoms with Gasteiger partial charge in [-0.1, -0.05) is 5.16 Å².